The van der Waals surface area contributed by atoms with Crippen LogP contribution in [-0.2, 0) is 14.4 Å². The van der Waals surface area contributed by atoms with Crippen LogP contribution in [0.25, 0.3) is 0 Å². The highest BCUT2D eigenvalue weighted by molar-refractivity contribution is 5.88. The molecular weight excluding hydrogens is 318 g/mol. The second-order valence-electron chi connectivity index (χ2n) is 8.96. The van der Waals surface area contributed by atoms with Crippen LogP contribution in [0.5, 0.6) is 0 Å². The van der Waals surface area contributed by atoms with E-state index in [0.29, 0.717) is 30.8 Å². The number of primary amides is 1. The first kappa shape index (κ1) is 16.9. The lowest BCUT2D eigenvalue weighted by Crippen LogP contribution is -2.55. The van der Waals surface area contributed by atoms with Gasteiger partial charge in [0.2, 0.25) is 17.7 Å². The van der Waals surface area contributed by atoms with Gasteiger partial charge in [-0.25, -0.2) is 0 Å². The molecule has 5 rings (SSSR count). The molecule has 6 heteroatoms. The van der Waals surface area contributed by atoms with Crippen LogP contribution in [0, 0.1) is 29.1 Å². The number of hydrogen-bond donors (Lipinski definition) is 2. The van der Waals surface area contributed by atoms with E-state index >= 15 is 0 Å². The summed E-state index contributed by atoms with van der Waals surface area (Å²) in [5.41, 5.74) is 5.16. The van der Waals surface area contributed by atoms with Gasteiger partial charge in [-0.05, 0) is 69.1 Å². The Kier molecular flexibility index (Phi) is 4.24. The topological polar surface area (TPSA) is 92.5 Å². The second kappa shape index (κ2) is 6.29. The van der Waals surface area contributed by atoms with Crippen molar-refractivity contribution >= 4 is 17.7 Å². The second-order valence-corrected chi connectivity index (χ2v) is 8.96. The van der Waals surface area contributed by atoms with Crippen molar-refractivity contribution in [2.24, 2.45) is 34.8 Å². The minimum absolute atomic E-state index is 0.0477. The zero-order valence-corrected chi connectivity index (χ0v) is 14.8. The fourth-order valence-electron chi connectivity index (χ4n) is 6.28. The quantitative estimate of drug-likeness (QED) is 0.796. The zero-order chi connectivity index (χ0) is 17.6. The molecule has 1 atom stereocenters. The first-order chi connectivity index (χ1) is 11.9. The van der Waals surface area contributed by atoms with Crippen molar-refractivity contribution in [1.82, 2.24) is 10.2 Å². The van der Waals surface area contributed by atoms with E-state index in [-0.39, 0.29) is 35.6 Å². The maximum atomic E-state index is 12.9. The number of carbonyl (C=O) groups is 3. The Morgan fingerprint density at radius 2 is 1.64 bits per heavy atom. The number of rotatable bonds is 4. The molecule has 0 aromatic heterocycles. The van der Waals surface area contributed by atoms with Crippen molar-refractivity contribution in [3.63, 3.8) is 0 Å². The minimum atomic E-state index is -0.338. The molecular formula is C19H29N3O3. The molecule has 4 bridgehead atoms. The number of piperidine rings is 1. The monoisotopic (exact) mass is 347 g/mol. The Morgan fingerprint density at radius 3 is 2.20 bits per heavy atom. The lowest BCUT2D eigenvalue weighted by Gasteiger charge is -2.55. The number of amides is 3. The highest BCUT2D eigenvalue weighted by Gasteiger charge is 2.54. The van der Waals surface area contributed by atoms with Gasteiger partial charge in [-0.15, -0.1) is 0 Å². The van der Waals surface area contributed by atoms with Crippen LogP contribution in [0.15, 0.2) is 0 Å². The van der Waals surface area contributed by atoms with Gasteiger partial charge in [0.15, 0.2) is 0 Å². The smallest absolute Gasteiger partial charge is 0.241 e. The summed E-state index contributed by atoms with van der Waals surface area (Å²) in [7, 11) is 0. The summed E-state index contributed by atoms with van der Waals surface area (Å²) in [6.45, 7) is 1.09. The molecule has 138 valence electrons. The van der Waals surface area contributed by atoms with E-state index in [1.807, 2.05) is 0 Å². The van der Waals surface area contributed by atoms with Crippen LogP contribution in [0.3, 0.4) is 0 Å². The standard InChI is InChI=1S/C19H29N3O3/c20-17(24)15-2-1-3-22(11-15)16(23)10-21-18(25)19-7-12-4-13(8-19)6-14(5-12)9-19/h12-15H,1-11H2,(H2,20,24)(H,21,25)/t12?,13?,14?,15-,19?/m0/s1. The normalized spacial score (nSPS) is 39.3. The molecule has 4 saturated carbocycles. The third-order valence-electron chi connectivity index (χ3n) is 7.10. The largest absolute Gasteiger partial charge is 0.369 e. The van der Waals surface area contributed by atoms with Crippen LogP contribution in [0.4, 0.5) is 0 Å². The molecule has 0 aromatic carbocycles. The van der Waals surface area contributed by atoms with Crippen molar-refractivity contribution < 1.29 is 14.4 Å². The molecule has 3 N–H and O–H groups in total. The van der Waals surface area contributed by atoms with Crippen LogP contribution < -0.4 is 11.1 Å². The summed E-state index contributed by atoms with van der Waals surface area (Å²) in [5.74, 6) is 1.54. The average Bonchev–Trinajstić information content (AvgIpc) is 2.58. The van der Waals surface area contributed by atoms with Gasteiger partial charge in [0.25, 0.3) is 0 Å². The SMILES string of the molecule is NC(=O)[C@H]1CCCN(C(=O)CNC(=O)C23CC4CC(CC(C4)C2)C3)C1. The predicted octanol–water partition coefficient (Wildman–Crippen LogP) is 1.04. The van der Waals surface area contributed by atoms with Gasteiger partial charge in [-0.1, -0.05) is 0 Å². The van der Waals surface area contributed by atoms with Crippen molar-refractivity contribution in [3.8, 4) is 0 Å². The Bertz CT molecular complexity index is 553. The zero-order valence-electron chi connectivity index (χ0n) is 14.8. The predicted molar refractivity (Wildman–Crippen MR) is 92.1 cm³/mol. The Hall–Kier alpha value is -1.59. The lowest BCUT2D eigenvalue weighted by molar-refractivity contribution is -0.148. The number of nitrogens with two attached hydrogens (primary N) is 1. The molecule has 0 radical (unpaired) electrons. The van der Waals surface area contributed by atoms with E-state index < -0.39 is 0 Å². The van der Waals surface area contributed by atoms with E-state index in [2.05, 4.69) is 5.32 Å². The van der Waals surface area contributed by atoms with Gasteiger partial charge in [-0.2, -0.15) is 0 Å². The number of hydrogen-bond acceptors (Lipinski definition) is 3. The number of likely N-dealkylation sites (tertiary alicyclic amines) is 1. The first-order valence-electron chi connectivity index (χ1n) is 9.80. The van der Waals surface area contributed by atoms with E-state index in [0.717, 1.165) is 32.1 Å². The minimum Gasteiger partial charge on any atom is -0.369 e. The molecule has 0 spiro atoms. The van der Waals surface area contributed by atoms with Gasteiger partial charge >= 0.3 is 0 Å². The van der Waals surface area contributed by atoms with Crippen LogP contribution in [-0.4, -0.2) is 42.3 Å². The molecule has 1 saturated heterocycles. The highest BCUT2D eigenvalue weighted by atomic mass is 16.2. The fraction of sp³-hybridized carbons (Fsp3) is 0.842. The molecule has 4 aliphatic carbocycles. The van der Waals surface area contributed by atoms with E-state index in [1.165, 1.54) is 19.3 Å². The van der Waals surface area contributed by atoms with E-state index in [1.54, 1.807) is 4.90 Å². The molecule has 6 nitrogen and oxygen atoms in total. The van der Waals surface area contributed by atoms with E-state index in [4.69, 9.17) is 5.73 Å². The Labute approximate surface area is 148 Å². The van der Waals surface area contributed by atoms with Gasteiger partial charge in [0.1, 0.15) is 0 Å². The average molecular weight is 347 g/mol. The first-order valence-corrected chi connectivity index (χ1v) is 9.80. The molecule has 0 aromatic rings. The fourth-order valence-corrected chi connectivity index (χ4v) is 6.28. The van der Waals surface area contributed by atoms with Gasteiger partial charge < -0.3 is 16.0 Å². The summed E-state index contributed by atoms with van der Waals surface area (Å²) >= 11 is 0. The summed E-state index contributed by atoms with van der Waals surface area (Å²) in [5, 5.41) is 2.93. The summed E-state index contributed by atoms with van der Waals surface area (Å²) < 4.78 is 0. The van der Waals surface area contributed by atoms with Crippen molar-refractivity contribution in [1.29, 1.82) is 0 Å². The van der Waals surface area contributed by atoms with Crippen LogP contribution >= 0.6 is 0 Å². The molecule has 1 heterocycles. The third-order valence-corrected chi connectivity index (χ3v) is 7.10. The van der Waals surface area contributed by atoms with Crippen LogP contribution in [0.1, 0.15) is 51.4 Å². The molecule has 3 amide bonds. The maximum absolute atomic E-state index is 12.9. The summed E-state index contributed by atoms with van der Waals surface area (Å²) in [4.78, 5) is 38.4. The van der Waals surface area contributed by atoms with Gasteiger partial charge in [-0.3, -0.25) is 14.4 Å². The number of carbonyl (C=O) groups excluding carboxylic acids is 3. The molecule has 25 heavy (non-hydrogen) atoms. The van der Waals surface area contributed by atoms with Crippen LogP contribution in [0.2, 0.25) is 0 Å². The molecule has 5 fully saturated rings. The summed E-state index contributed by atoms with van der Waals surface area (Å²) in [6, 6.07) is 0. The van der Waals surface area contributed by atoms with Crippen molar-refractivity contribution in [2.45, 2.75) is 51.4 Å². The Morgan fingerprint density at radius 1 is 1.04 bits per heavy atom. The molecule has 5 aliphatic rings. The highest BCUT2D eigenvalue weighted by Crippen LogP contribution is 2.60. The van der Waals surface area contributed by atoms with Gasteiger partial charge in [0, 0.05) is 18.5 Å². The lowest BCUT2D eigenvalue weighted by atomic mass is 9.49. The Balaban J connectivity index is 1.33. The third kappa shape index (κ3) is 3.15. The van der Waals surface area contributed by atoms with E-state index in [9.17, 15) is 14.4 Å². The number of nitrogens with one attached hydrogen (secondary N) is 1. The number of nitrogens with zero attached hydrogens (tertiary/aromatic N) is 1. The van der Waals surface area contributed by atoms with Crippen molar-refractivity contribution in [2.75, 3.05) is 19.6 Å². The molecule has 0 unspecified atom stereocenters. The summed E-state index contributed by atoms with van der Waals surface area (Å²) in [6.07, 6.45) is 8.46. The van der Waals surface area contributed by atoms with Crippen molar-refractivity contribution in [3.05, 3.63) is 0 Å². The van der Waals surface area contributed by atoms with Gasteiger partial charge in [0.05, 0.1) is 12.5 Å². The molecule has 1 aliphatic heterocycles. The maximum Gasteiger partial charge on any atom is 0.241 e.